The second-order valence-electron chi connectivity index (χ2n) is 7.40. The lowest BCUT2D eigenvalue weighted by Gasteiger charge is -2.26. The van der Waals surface area contributed by atoms with Gasteiger partial charge >= 0.3 is 0 Å². The molecule has 2 N–H and O–H groups in total. The third-order valence-corrected chi connectivity index (χ3v) is 6.02. The average Bonchev–Trinajstić information content (AvgIpc) is 3.10. The number of hydrogen-bond donors (Lipinski definition) is 2. The van der Waals surface area contributed by atoms with Gasteiger partial charge in [0.05, 0.1) is 30.9 Å². The van der Waals surface area contributed by atoms with Crippen molar-refractivity contribution in [3.05, 3.63) is 87.4 Å². The van der Waals surface area contributed by atoms with Crippen LogP contribution >= 0.6 is 23.2 Å². The number of amides is 1. The van der Waals surface area contributed by atoms with Crippen molar-refractivity contribution < 1.29 is 29.3 Å². The Balaban J connectivity index is 2.04. The highest BCUT2D eigenvalue weighted by Crippen LogP contribution is 2.46. The van der Waals surface area contributed by atoms with Crippen LogP contribution in [0.15, 0.2) is 66.2 Å². The number of Topliss-reactive ketones (excluding diaryl/α,β-unsaturated/α-hetero) is 1. The van der Waals surface area contributed by atoms with Gasteiger partial charge in [0.2, 0.25) is 0 Å². The maximum Gasteiger partial charge on any atom is 0.300 e. The molecule has 0 bridgehead atoms. The highest BCUT2D eigenvalue weighted by atomic mass is 35.5. The number of rotatable bonds is 5. The summed E-state index contributed by atoms with van der Waals surface area (Å²) in [6.45, 7) is 0. The Morgan fingerprint density at radius 1 is 0.941 bits per heavy atom. The summed E-state index contributed by atoms with van der Waals surface area (Å²) in [6, 6.07) is 14.5. The molecule has 174 valence electrons. The number of benzene rings is 3. The summed E-state index contributed by atoms with van der Waals surface area (Å²) in [5, 5.41) is 21.7. The number of hydrogen-bond acceptors (Lipinski definition) is 6. The summed E-state index contributed by atoms with van der Waals surface area (Å²) in [5.41, 5.74) is 0.647. The topological polar surface area (TPSA) is 96.3 Å². The molecule has 1 aliphatic heterocycles. The Labute approximate surface area is 205 Å². The van der Waals surface area contributed by atoms with Crippen LogP contribution in [0.2, 0.25) is 10.0 Å². The predicted molar refractivity (Wildman–Crippen MR) is 129 cm³/mol. The number of halogens is 2. The van der Waals surface area contributed by atoms with E-state index in [4.69, 9.17) is 32.7 Å². The van der Waals surface area contributed by atoms with Crippen LogP contribution in [0, 0.1) is 0 Å². The molecule has 4 rings (SSSR count). The van der Waals surface area contributed by atoms with Crippen LogP contribution in [0.5, 0.6) is 17.2 Å². The van der Waals surface area contributed by atoms with Gasteiger partial charge in [0.15, 0.2) is 0 Å². The van der Waals surface area contributed by atoms with Crippen molar-refractivity contribution in [3.63, 3.8) is 0 Å². The molecule has 3 aromatic carbocycles. The number of ketones is 1. The van der Waals surface area contributed by atoms with Crippen molar-refractivity contribution >= 4 is 46.3 Å². The van der Waals surface area contributed by atoms with E-state index >= 15 is 0 Å². The molecule has 1 fully saturated rings. The second-order valence-corrected chi connectivity index (χ2v) is 8.24. The smallest absolute Gasteiger partial charge is 0.300 e. The summed E-state index contributed by atoms with van der Waals surface area (Å²) in [7, 11) is 2.82. The molecule has 1 aliphatic rings. The number of anilines is 1. The van der Waals surface area contributed by atoms with Crippen LogP contribution in [-0.2, 0) is 9.59 Å². The van der Waals surface area contributed by atoms with Gasteiger partial charge in [-0.3, -0.25) is 14.5 Å². The van der Waals surface area contributed by atoms with Gasteiger partial charge in [-0.05, 0) is 48.0 Å². The molecule has 0 spiro atoms. The van der Waals surface area contributed by atoms with E-state index in [1.807, 2.05) is 0 Å². The lowest BCUT2D eigenvalue weighted by molar-refractivity contribution is -0.132. The van der Waals surface area contributed by atoms with Crippen molar-refractivity contribution in [2.75, 3.05) is 19.1 Å². The Hall–Kier alpha value is -3.68. The third kappa shape index (κ3) is 3.93. The van der Waals surface area contributed by atoms with Crippen molar-refractivity contribution in [2.24, 2.45) is 0 Å². The van der Waals surface area contributed by atoms with E-state index in [-0.39, 0.29) is 33.4 Å². The molecule has 1 unspecified atom stereocenters. The van der Waals surface area contributed by atoms with E-state index < -0.39 is 23.5 Å². The zero-order chi connectivity index (χ0) is 24.6. The molecule has 0 aliphatic carbocycles. The van der Waals surface area contributed by atoms with Gasteiger partial charge in [0.1, 0.15) is 28.6 Å². The number of methoxy groups -OCH3 is 2. The minimum atomic E-state index is -1.08. The highest BCUT2D eigenvalue weighted by molar-refractivity contribution is 6.52. The molecule has 3 aromatic rings. The lowest BCUT2D eigenvalue weighted by Crippen LogP contribution is -2.29. The fourth-order valence-electron chi connectivity index (χ4n) is 3.95. The van der Waals surface area contributed by atoms with Crippen molar-refractivity contribution in [1.82, 2.24) is 0 Å². The third-order valence-electron chi connectivity index (χ3n) is 5.48. The molecule has 1 heterocycles. The molecule has 9 heteroatoms. The van der Waals surface area contributed by atoms with Gasteiger partial charge in [-0.25, -0.2) is 0 Å². The largest absolute Gasteiger partial charge is 0.506 e. The fourth-order valence-corrected chi connectivity index (χ4v) is 4.33. The SMILES string of the molecule is COc1cccc(OC)c1/C(O)=C1\C(=O)C(=O)N(c2cccc(Cl)c2)C1c1ccc(O)c(Cl)c1. The molecule has 0 aromatic heterocycles. The van der Waals surface area contributed by atoms with Gasteiger partial charge in [0.25, 0.3) is 11.7 Å². The molecule has 1 saturated heterocycles. The summed E-state index contributed by atoms with van der Waals surface area (Å²) in [6.07, 6.45) is 0. The Bertz CT molecular complexity index is 1310. The zero-order valence-electron chi connectivity index (χ0n) is 18.1. The van der Waals surface area contributed by atoms with Crippen molar-refractivity contribution in [3.8, 4) is 17.2 Å². The molecule has 0 saturated carbocycles. The van der Waals surface area contributed by atoms with Crippen LogP contribution in [0.25, 0.3) is 5.76 Å². The zero-order valence-corrected chi connectivity index (χ0v) is 19.6. The van der Waals surface area contributed by atoms with Crippen LogP contribution in [-0.4, -0.2) is 36.1 Å². The quantitative estimate of drug-likeness (QED) is 0.279. The molecule has 34 heavy (non-hydrogen) atoms. The van der Waals surface area contributed by atoms with Gasteiger partial charge in [-0.15, -0.1) is 0 Å². The minimum absolute atomic E-state index is 0.0176. The van der Waals surface area contributed by atoms with E-state index in [0.29, 0.717) is 16.3 Å². The molecular formula is C25H19Cl2NO6. The average molecular weight is 500 g/mol. The van der Waals surface area contributed by atoms with Gasteiger partial charge < -0.3 is 19.7 Å². The maximum atomic E-state index is 13.3. The number of phenols is 1. The summed E-state index contributed by atoms with van der Waals surface area (Å²) >= 11 is 12.3. The van der Waals surface area contributed by atoms with E-state index in [0.717, 1.165) is 0 Å². The highest BCUT2D eigenvalue weighted by Gasteiger charge is 2.47. The van der Waals surface area contributed by atoms with Gasteiger partial charge in [-0.2, -0.15) is 0 Å². The monoisotopic (exact) mass is 499 g/mol. The normalized spacial score (nSPS) is 17.2. The number of aliphatic hydroxyl groups excluding tert-OH is 1. The van der Waals surface area contributed by atoms with Gasteiger partial charge in [-0.1, -0.05) is 41.4 Å². The molecular weight excluding hydrogens is 481 g/mol. The van der Waals surface area contributed by atoms with E-state index in [1.54, 1.807) is 36.4 Å². The standard InChI is InChI=1S/C25H19Cl2NO6/c1-33-18-7-4-8-19(34-2)20(18)23(30)21-22(13-9-10-17(29)16(27)11-13)28(25(32)24(21)31)15-6-3-5-14(26)12-15/h3-12,22,29-30H,1-2H3/b23-21+. The first-order valence-electron chi connectivity index (χ1n) is 10.0. The first-order valence-corrected chi connectivity index (χ1v) is 10.8. The molecule has 1 amide bonds. The fraction of sp³-hybridized carbons (Fsp3) is 0.120. The minimum Gasteiger partial charge on any atom is -0.506 e. The second kappa shape index (κ2) is 9.29. The first-order chi connectivity index (χ1) is 16.3. The van der Waals surface area contributed by atoms with Crippen molar-refractivity contribution in [2.45, 2.75) is 6.04 Å². The van der Waals surface area contributed by atoms with Gasteiger partial charge in [0, 0.05) is 10.7 Å². The molecule has 1 atom stereocenters. The van der Waals surface area contributed by atoms with E-state index in [1.165, 1.54) is 43.4 Å². The van der Waals surface area contributed by atoms with E-state index in [9.17, 15) is 19.8 Å². The number of ether oxygens (including phenoxy) is 2. The van der Waals surface area contributed by atoms with Crippen LogP contribution < -0.4 is 14.4 Å². The molecule has 7 nitrogen and oxygen atoms in total. The lowest BCUT2D eigenvalue weighted by atomic mass is 9.94. The number of carbonyl (C=O) groups is 2. The van der Waals surface area contributed by atoms with Crippen molar-refractivity contribution in [1.29, 1.82) is 0 Å². The summed E-state index contributed by atoms with van der Waals surface area (Å²) < 4.78 is 10.8. The predicted octanol–water partition coefficient (Wildman–Crippen LogP) is 5.34. The number of carbonyl (C=O) groups excluding carboxylic acids is 2. The Kier molecular flexibility index (Phi) is 6.41. The van der Waals surface area contributed by atoms with E-state index in [2.05, 4.69) is 0 Å². The number of phenolic OH excluding ortho intramolecular Hbond substituents is 1. The van der Waals surface area contributed by atoms with Crippen LogP contribution in [0.3, 0.4) is 0 Å². The summed E-state index contributed by atoms with van der Waals surface area (Å²) in [4.78, 5) is 27.8. The number of aromatic hydroxyl groups is 1. The Morgan fingerprint density at radius 3 is 2.18 bits per heavy atom. The van der Waals surface area contributed by atoms with Crippen LogP contribution in [0.1, 0.15) is 17.2 Å². The molecule has 0 radical (unpaired) electrons. The number of nitrogens with zero attached hydrogens (tertiary/aromatic N) is 1. The maximum absolute atomic E-state index is 13.3. The summed E-state index contributed by atoms with van der Waals surface area (Å²) in [5.74, 6) is -1.95. The Morgan fingerprint density at radius 2 is 1.59 bits per heavy atom. The number of aliphatic hydroxyl groups is 1. The first kappa shape index (κ1) is 23.5. The van der Waals surface area contributed by atoms with Crippen LogP contribution in [0.4, 0.5) is 5.69 Å².